The predicted molar refractivity (Wildman–Crippen MR) is 122 cm³/mol. The first-order valence-electron chi connectivity index (χ1n) is 10.6. The molecule has 0 radical (unpaired) electrons. The fourth-order valence-corrected chi connectivity index (χ4v) is 3.64. The summed E-state index contributed by atoms with van der Waals surface area (Å²) in [6.07, 6.45) is 2.32. The zero-order valence-corrected chi connectivity index (χ0v) is 17.8. The summed E-state index contributed by atoms with van der Waals surface area (Å²) in [6, 6.07) is 14.9. The van der Waals surface area contributed by atoms with Crippen LogP contribution < -0.4 is 15.5 Å². The van der Waals surface area contributed by atoms with E-state index in [1.165, 1.54) is 6.20 Å². The molecule has 0 bridgehead atoms. The molecule has 1 aromatic heterocycles. The molecular weight excluding hydrogens is 428 g/mol. The molecule has 1 saturated heterocycles. The number of pyridine rings is 1. The molecule has 3 aromatic rings. The minimum Gasteiger partial charge on any atom is -0.355 e. The average Bonchev–Trinajstić information content (AvgIpc) is 3.08. The Labute approximate surface area is 190 Å². The van der Waals surface area contributed by atoms with Gasteiger partial charge >= 0.3 is 6.03 Å². The van der Waals surface area contributed by atoms with Gasteiger partial charge in [-0.05, 0) is 42.8 Å². The normalized spacial score (nSPS) is 13.9. The lowest BCUT2D eigenvalue weighted by Crippen LogP contribution is -2.35. The third-order valence-electron chi connectivity index (χ3n) is 5.31. The molecule has 170 valence electrons. The van der Waals surface area contributed by atoms with Gasteiger partial charge < -0.3 is 20.4 Å². The molecule has 0 saturated carbocycles. The molecular formula is C24H23F2N5O2. The molecule has 2 heterocycles. The van der Waals surface area contributed by atoms with E-state index in [4.69, 9.17) is 0 Å². The largest absolute Gasteiger partial charge is 0.355 e. The van der Waals surface area contributed by atoms with Crippen molar-refractivity contribution in [1.29, 1.82) is 0 Å². The SMILES string of the molecule is O=C(Nc1ccc(N2CCCN(C(=O)c3ccccc3)CC2)nc1)Nc1ccc(F)cc1F. The topological polar surface area (TPSA) is 77.6 Å². The predicted octanol–water partition coefficient (Wildman–Crippen LogP) is 4.36. The number of aromatic nitrogens is 1. The minimum atomic E-state index is -0.862. The van der Waals surface area contributed by atoms with Crippen molar-refractivity contribution in [3.63, 3.8) is 0 Å². The third-order valence-corrected chi connectivity index (χ3v) is 5.31. The number of hydrogen-bond donors (Lipinski definition) is 2. The average molecular weight is 451 g/mol. The molecule has 4 rings (SSSR count). The van der Waals surface area contributed by atoms with Gasteiger partial charge in [-0.1, -0.05) is 18.2 Å². The van der Waals surface area contributed by atoms with Gasteiger partial charge in [0.2, 0.25) is 0 Å². The van der Waals surface area contributed by atoms with Crippen LogP contribution in [0.3, 0.4) is 0 Å². The monoisotopic (exact) mass is 451 g/mol. The molecule has 2 aromatic carbocycles. The maximum absolute atomic E-state index is 13.7. The highest BCUT2D eigenvalue weighted by Crippen LogP contribution is 2.19. The Morgan fingerprint density at radius 1 is 0.879 bits per heavy atom. The van der Waals surface area contributed by atoms with Gasteiger partial charge in [-0.2, -0.15) is 0 Å². The van der Waals surface area contributed by atoms with Crippen LogP contribution in [0.25, 0.3) is 0 Å². The molecule has 1 aliphatic rings. The number of nitrogens with zero attached hydrogens (tertiary/aromatic N) is 3. The number of urea groups is 1. The molecule has 1 aliphatic heterocycles. The molecule has 1 fully saturated rings. The number of hydrogen-bond acceptors (Lipinski definition) is 4. The summed E-state index contributed by atoms with van der Waals surface area (Å²) in [5.74, 6) is -0.827. The fourth-order valence-electron chi connectivity index (χ4n) is 3.64. The quantitative estimate of drug-likeness (QED) is 0.618. The van der Waals surface area contributed by atoms with Crippen molar-refractivity contribution in [1.82, 2.24) is 9.88 Å². The Morgan fingerprint density at radius 2 is 1.70 bits per heavy atom. The van der Waals surface area contributed by atoms with Crippen LogP contribution in [0.1, 0.15) is 16.8 Å². The lowest BCUT2D eigenvalue weighted by atomic mass is 10.2. The van der Waals surface area contributed by atoms with Gasteiger partial charge in [0.1, 0.15) is 17.5 Å². The van der Waals surface area contributed by atoms with E-state index in [0.717, 1.165) is 30.9 Å². The summed E-state index contributed by atoms with van der Waals surface area (Å²) in [7, 11) is 0. The Bertz CT molecular complexity index is 1130. The molecule has 9 heteroatoms. The highest BCUT2D eigenvalue weighted by molar-refractivity contribution is 5.99. The van der Waals surface area contributed by atoms with E-state index in [2.05, 4.69) is 20.5 Å². The molecule has 7 nitrogen and oxygen atoms in total. The van der Waals surface area contributed by atoms with Crippen molar-refractivity contribution in [2.75, 3.05) is 41.7 Å². The van der Waals surface area contributed by atoms with Crippen LogP contribution in [0.5, 0.6) is 0 Å². The van der Waals surface area contributed by atoms with Crippen LogP contribution in [-0.4, -0.2) is 48.0 Å². The first-order valence-corrected chi connectivity index (χ1v) is 10.6. The Hall–Kier alpha value is -4.01. The van der Waals surface area contributed by atoms with Gasteiger partial charge in [-0.3, -0.25) is 4.79 Å². The maximum Gasteiger partial charge on any atom is 0.323 e. The molecule has 0 aliphatic carbocycles. The fraction of sp³-hybridized carbons (Fsp3) is 0.208. The Morgan fingerprint density at radius 3 is 2.42 bits per heavy atom. The standard InChI is InChI=1S/C24H23F2N5O2/c25-18-7-9-21(20(26)15-18)29-24(33)28-19-8-10-22(27-16-19)30-11-4-12-31(14-13-30)23(32)17-5-2-1-3-6-17/h1-3,5-10,15-16H,4,11-14H2,(H2,28,29,33). The number of carbonyl (C=O) groups is 2. The molecule has 3 amide bonds. The lowest BCUT2D eigenvalue weighted by molar-refractivity contribution is 0.0767. The summed E-state index contributed by atoms with van der Waals surface area (Å²) in [5, 5.41) is 4.90. The Kier molecular flexibility index (Phi) is 6.77. The first kappa shape index (κ1) is 22.2. The number of amides is 3. The minimum absolute atomic E-state index is 0.0218. The van der Waals surface area contributed by atoms with Crippen LogP contribution >= 0.6 is 0 Å². The third kappa shape index (κ3) is 5.62. The summed E-state index contributed by atoms with van der Waals surface area (Å²) in [5.41, 5.74) is 0.977. The number of halogens is 2. The van der Waals surface area contributed by atoms with Crippen molar-refractivity contribution < 1.29 is 18.4 Å². The zero-order chi connectivity index (χ0) is 23.2. The van der Waals surface area contributed by atoms with Gasteiger partial charge in [-0.15, -0.1) is 0 Å². The Balaban J connectivity index is 1.33. The summed E-state index contributed by atoms with van der Waals surface area (Å²) < 4.78 is 26.7. The maximum atomic E-state index is 13.7. The highest BCUT2D eigenvalue weighted by Gasteiger charge is 2.21. The first-order chi connectivity index (χ1) is 16.0. The molecule has 0 spiro atoms. The molecule has 2 N–H and O–H groups in total. The van der Waals surface area contributed by atoms with E-state index in [9.17, 15) is 18.4 Å². The molecule has 0 atom stereocenters. The second-order valence-electron chi connectivity index (χ2n) is 7.61. The van der Waals surface area contributed by atoms with Gasteiger partial charge in [-0.25, -0.2) is 18.6 Å². The smallest absolute Gasteiger partial charge is 0.323 e. The van der Waals surface area contributed by atoms with Crippen LogP contribution in [-0.2, 0) is 0 Å². The zero-order valence-electron chi connectivity index (χ0n) is 17.8. The van der Waals surface area contributed by atoms with Gasteiger partial charge in [0.05, 0.1) is 17.6 Å². The van der Waals surface area contributed by atoms with E-state index >= 15 is 0 Å². The molecule has 0 unspecified atom stereocenters. The van der Waals surface area contributed by atoms with Crippen molar-refractivity contribution in [3.8, 4) is 0 Å². The van der Waals surface area contributed by atoms with E-state index in [-0.39, 0.29) is 11.6 Å². The second-order valence-corrected chi connectivity index (χ2v) is 7.61. The van der Waals surface area contributed by atoms with Gasteiger partial charge in [0.15, 0.2) is 0 Å². The van der Waals surface area contributed by atoms with Crippen molar-refractivity contribution in [3.05, 3.63) is 84.1 Å². The number of benzene rings is 2. The van der Waals surface area contributed by atoms with E-state index in [1.54, 1.807) is 12.1 Å². The summed E-state index contributed by atoms with van der Waals surface area (Å²) in [6.45, 7) is 2.65. The van der Waals surface area contributed by atoms with Crippen molar-refractivity contribution in [2.45, 2.75) is 6.42 Å². The van der Waals surface area contributed by atoms with Crippen LogP contribution in [0.15, 0.2) is 66.9 Å². The van der Waals surface area contributed by atoms with Crippen LogP contribution in [0, 0.1) is 11.6 Å². The van der Waals surface area contributed by atoms with E-state index in [0.29, 0.717) is 37.0 Å². The van der Waals surface area contributed by atoms with Crippen LogP contribution in [0.4, 0.5) is 30.8 Å². The lowest BCUT2D eigenvalue weighted by Gasteiger charge is -2.23. The van der Waals surface area contributed by atoms with Gasteiger partial charge in [0.25, 0.3) is 5.91 Å². The second kappa shape index (κ2) is 10.1. The highest BCUT2D eigenvalue weighted by atomic mass is 19.1. The molecule has 33 heavy (non-hydrogen) atoms. The number of rotatable bonds is 4. The summed E-state index contributed by atoms with van der Waals surface area (Å²) >= 11 is 0. The van der Waals surface area contributed by atoms with E-state index in [1.807, 2.05) is 35.2 Å². The van der Waals surface area contributed by atoms with Crippen LogP contribution in [0.2, 0.25) is 0 Å². The van der Waals surface area contributed by atoms with Gasteiger partial charge in [0, 0.05) is 37.8 Å². The van der Waals surface area contributed by atoms with Crippen molar-refractivity contribution >= 4 is 29.1 Å². The van der Waals surface area contributed by atoms with E-state index < -0.39 is 17.7 Å². The number of carbonyl (C=O) groups excluding carboxylic acids is 2. The number of anilines is 3. The number of nitrogens with one attached hydrogen (secondary N) is 2. The van der Waals surface area contributed by atoms with Crippen molar-refractivity contribution in [2.24, 2.45) is 0 Å². The summed E-state index contributed by atoms with van der Waals surface area (Å²) in [4.78, 5) is 33.2.